The summed E-state index contributed by atoms with van der Waals surface area (Å²) < 4.78 is 12.1. The highest BCUT2D eigenvalue weighted by Crippen LogP contribution is 2.23. The zero-order valence-electron chi connectivity index (χ0n) is 18.5. The normalized spacial score (nSPS) is 10.2. The molecule has 9 heteroatoms. The number of thiocarbonyl (C=S) groups is 1. The summed E-state index contributed by atoms with van der Waals surface area (Å²) in [6, 6.07) is 21.6. The molecule has 7 nitrogen and oxygen atoms in total. The zero-order valence-corrected chi connectivity index (χ0v) is 20.9. The van der Waals surface area contributed by atoms with E-state index in [0.717, 1.165) is 16.5 Å². The number of hydrogen-bond acceptors (Lipinski definition) is 5. The van der Waals surface area contributed by atoms with Gasteiger partial charge in [0.2, 0.25) is 0 Å². The first-order valence-corrected chi connectivity index (χ1v) is 11.8. The molecule has 0 fully saturated rings. The topological polar surface area (TPSA) is 88.7 Å². The Labute approximate surface area is 211 Å². The van der Waals surface area contributed by atoms with Gasteiger partial charge in [0.25, 0.3) is 11.8 Å². The molecule has 0 aliphatic carbocycles. The standard InChI is InChI=1S/C25H24BrN3O4S/c1-2-14-32-22-13-10-19(26)15-21(22)24(31)27-25(34)29-28-23(30)18-8-11-20(12-9-18)33-16-17-6-4-3-5-7-17/h3-13,15H,2,14,16H2,1H3,(H,28,30)(H2,27,29,31,34). The number of rotatable bonds is 8. The molecule has 2 amide bonds. The van der Waals surface area contributed by atoms with Crippen molar-refractivity contribution < 1.29 is 19.1 Å². The van der Waals surface area contributed by atoms with E-state index >= 15 is 0 Å². The molecule has 176 valence electrons. The van der Waals surface area contributed by atoms with Gasteiger partial charge in [0.05, 0.1) is 12.2 Å². The number of carbonyl (C=O) groups excluding carboxylic acids is 2. The molecule has 0 bridgehead atoms. The Kier molecular flexibility index (Phi) is 9.42. The van der Waals surface area contributed by atoms with Crippen molar-refractivity contribution in [3.63, 3.8) is 0 Å². The van der Waals surface area contributed by atoms with Crippen molar-refractivity contribution in [1.82, 2.24) is 16.2 Å². The lowest BCUT2D eigenvalue weighted by molar-refractivity contribution is 0.0933. The van der Waals surface area contributed by atoms with Gasteiger partial charge in [-0.15, -0.1) is 0 Å². The second-order valence-electron chi connectivity index (χ2n) is 7.15. The quantitative estimate of drug-likeness (QED) is 0.281. The molecule has 0 atom stereocenters. The van der Waals surface area contributed by atoms with Crippen LogP contribution < -0.4 is 25.6 Å². The van der Waals surface area contributed by atoms with Crippen molar-refractivity contribution in [3.05, 3.63) is 94.0 Å². The lowest BCUT2D eigenvalue weighted by atomic mass is 10.2. The van der Waals surface area contributed by atoms with Gasteiger partial charge in [0.15, 0.2) is 5.11 Å². The smallest absolute Gasteiger partial charge is 0.269 e. The van der Waals surface area contributed by atoms with Crippen molar-refractivity contribution >= 4 is 45.1 Å². The Morgan fingerprint density at radius 2 is 1.65 bits per heavy atom. The van der Waals surface area contributed by atoms with E-state index in [4.69, 9.17) is 21.7 Å². The minimum atomic E-state index is -0.459. The minimum Gasteiger partial charge on any atom is -0.493 e. The van der Waals surface area contributed by atoms with E-state index in [2.05, 4.69) is 32.1 Å². The summed E-state index contributed by atoms with van der Waals surface area (Å²) in [6.45, 7) is 2.90. The maximum atomic E-state index is 12.6. The Bertz CT molecular complexity index is 1140. The van der Waals surface area contributed by atoms with E-state index < -0.39 is 11.8 Å². The van der Waals surface area contributed by atoms with Crippen LogP contribution in [0.1, 0.15) is 39.6 Å². The third kappa shape index (κ3) is 7.57. The number of halogens is 1. The van der Waals surface area contributed by atoms with Crippen LogP contribution in [0.2, 0.25) is 0 Å². The molecule has 3 aromatic rings. The third-order valence-corrected chi connectivity index (χ3v) is 5.23. The van der Waals surface area contributed by atoms with Crippen LogP contribution in [-0.2, 0) is 6.61 Å². The molecule has 0 spiro atoms. The molecule has 0 aliphatic rings. The summed E-state index contributed by atoms with van der Waals surface area (Å²) in [6.07, 6.45) is 0.809. The number of hydrogen-bond donors (Lipinski definition) is 3. The van der Waals surface area contributed by atoms with Gasteiger partial charge in [-0.1, -0.05) is 53.2 Å². The van der Waals surface area contributed by atoms with Gasteiger partial charge < -0.3 is 9.47 Å². The van der Waals surface area contributed by atoms with Gasteiger partial charge in [-0.05, 0) is 66.7 Å². The lowest BCUT2D eigenvalue weighted by Crippen LogP contribution is -2.48. The third-order valence-electron chi connectivity index (χ3n) is 4.53. The van der Waals surface area contributed by atoms with Crippen molar-refractivity contribution in [2.75, 3.05) is 6.61 Å². The molecule has 3 N–H and O–H groups in total. The number of ether oxygens (including phenoxy) is 2. The molecule has 3 aromatic carbocycles. The molecule has 34 heavy (non-hydrogen) atoms. The number of benzene rings is 3. The highest BCUT2D eigenvalue weighted by Gasteiger charge is 2.15. The Hall–Kier alpha value is -3.43. The maximum absolute atomic E-state index is 12.6. The molecule has 3 rings (SSSR count). The monoisotopic (exact) mass is 541 g/mol. The number of carbonyl (C=O) groups is 2. The van der Waals surface area contributed by atoms with Crippen LogP contribution in [0, 0.1) is 0 Å². The zero-order chi connectivity index (χ0) is 24.3. The lowest BCUT2D eigenvalue weighted by Gasteiger charge is -2.14. The van der Waals surface area contributed by atoms with Crippen LogP contribution in [0.25, 0.3) is 0 Å². The van der Waals surface area contributed by atoms with Gasteiger partial charge in [-0.25, -0.2) is 0 Å². The SMILES string of the molecule is CCCOc1ccc(Br)cc1C(=O)NC(=S)NNC(=O)c1ccc(OCc2ccccc2)cc1. The summed E-state index contributed by atoms with van der Waals surface area (Å²) in [5, 5.41) is 2.48. The average Bonchev–Trinajstić information content (AvgIpc) is 2.86. The number of amides is 2. The predicted molar refractivity (Wildman–Crippen MR) is 138 cm³/mol. The van der Waals surface area contributed by atoms with Crippen LogP contribution in [0.5, 0.6) is 11.5 Å². The first kappa shape index (κ1) is 25.2. The molecular formula is C25H24BrN3O4S. The van der Waals surface area contributed by atoms with Crippen molar-refractivity contribution in [2.45, 2.75) is 20.0 Å². The fourth-order valence-electron chi connectivity index (χ4n) is 2.85. The first-order chi connectivity index (χ1) is 16.5. The summed E-state index contributed by atoms with van der Waals surface area (Å²) >= 11 is 8.48. The Morgan fingerprint density at radius 1 is 0.912 bits per heavy atom. The van der Waals surface area contributed by atoms with Gasteiger partial charge >= 0.3 is 0 Å². The van der Waals surface area contributed by atoms with Gasteiger partial charge in [0.1, 0.15) is 18.1 Å². The molecular weight excluding hydrogens is 518 g/mol. The van der Waals surface area contributed by atoms with E-state index in [1.165, 1.54) is 0 Å². The van der Waals surface area contributed by atoms with Gasteiger partial charge in [0, 0.05) is 10.0 Å². The second kappa shape index (κ2) is 12.7. The van der Waals surface area contributed by atoms with Crippen LogP contribution in [0.4, 0.5) is 0 Å². The van der Waals surface area contributed by atoms with E-state index in [0.29, 0.717) is 35.8 Å². The summed E-state index contributed by atoms with van der Waals surface area (Å²) in [5.41, 5.74) is 6.78. The van der Waals surface area contributed by atoms with Crippen LogP contribution in [0.15, 0.2) is 77.3 Å². The van der Waals surface area contributed by atoms with E-state index in [1.807, 2.05) is 37.3 Å². The molecule has 0 saturated carbocycles. The van der Waals surface area contributed by atoms with Gasteiger partial charge in [-0.3, -0.25) is 25.8 Å². The van der Waals surface area contributed by atoms with Crippen molar-refractivity contribution in [2.24, 2.45) is 0 Å². The molecule has 0 aliphatic heterocycles. The highest BCUT2D eigenvalue weighted by molar-refractivity contribution is 9.10. The Balaban J connectivity index is 1.49. The largest absolute Gasteiger partial charge is 0.493 e. The second-order valence-corrected chi connectivity index (χ2v) is 8.47. The number of nitrogens with one attached hydrogen (secondary N) is 3. The highest BCUT2D eigenvalue weighted by atomic mass is 79.9. The molecule has 0 aromatic heterocycles. The van der Waals surface area contributed by atoms with E-state index in [1.54, 1.807) is 42.5 Å². The summed E-state index contributed by atoms with van der Waals surface area (Å²) in [5.74, 6) is 0.218. The number of hydrazine groups is 1. The fourth-order valence-corrected chi connectivity index (χ4v) is 3.35. The van der Waals surface area contributed by atoms with E-state index in [9.17, 15) is 9.59 Å². The average molecular weight is 542 g/mol. The maximum Gasteiger partial charge on any atom is 0.269 e. The van der Waals surface area contributed by atoms with Crippen molar-refractivity contribution in [1.29, 1.82) is 0 Å². The molecule has 0 heterocycles. The Morgan fingerprint density at radius 3 is 2.35 bits per heavy atom. The van der Waals surface area contributed by atoms with Gasteiger partial charge in [-0.2, -0.15) is 0 Å². The first-order valence-electron chi connectivity index (χ1n) is 10.6. The summed E-state index contributed by atoms with van der Waals surface area (Å²) in [7, 11) is 0. The van der Waals surface area contributed by atoms with Crippen molar-refractivity contribution in [3.8, 4) is 11.5 Å². The van der Waals surface area contributed by atoms with E-state index in [-0.39, 0.29) is 5.11 Å². The van der Waals surface area contributed by atoms with Crippen LogP contribution >= 0.6 is 28.1 Å². The van der Waals surface area contributed by atoms with Crippen LogP contribution in [-0.4, -0.2) is 23.5 Å². The fraction of sp³-hybridized carbons (Fsp3) is 0.160. The molecule has 0 radical (unpaired) electrons. The summed E-state index contributed by atoms with van der Waals surface area (Å²) in [4.78, 5) is 25.0. The molecule has 0 saturated heterocycles. The minimum absolute atomic E-state index is 0.0532. The molecule has 0 unspecified atom stereocenters. The van der Waals surface area contributed by atoms with Crippen LogP contribution in [0.3, 0.4) is 0 Å². The predicted octanol–water partition coefficient (Wildman–Crippen LogP) is 4.77.